The Kier molecular flexibility index (Phi) is 64.2. The number of hydrogen-bond donors (Lipinski definition) is 6. The largest absolute Gasteiger partial charge is 0.394 e. The predicted octanol–water partition coefficient (Wildman–Crippen LogP) is 21.5. The summed E-state index contributed by atoms with van der Waals surface area (Å²) in [5.74, 6) is -0.180. The summed E-state index contributed by atoms with van der Waals surface area (Å²) in [6, 6.07) is -0.824. The summed E-state index contributed by atoms with van der Waals surface area (Å²) in [4.78, 5) is 13.2. The third-order valence-electron chi connectivity index (χ3n) is 18.0. The molecule has 9 nitrogen and oxygen atoms in total. The molecule has 514 valence electrons. The van der Waals surface area contributed by atoms with E-state index in [0.29, 0.717) is 6.42 Å². The minimum Gasteiger partial charge on any atom is -0.394 e. The van der Waals surface area contributed by atoms with Crippen LogP contribution in [0.2, 0.25) is 0 Å². The molecule has 1 aliphatic heterocycles. The smallest absolute Gasteiger partial charge is 0.220 e. The molecule has 0 radical (unpaired) electrons. The number of nitrogens with one attached hydrogen (secondary N) is 1. The summed E-state index contributed by atoms with van der Waals surface area (Å²) in [6.45, 7) is 3.70. The third kappa shape index (κ3) is 55.3. The van der Waals surface area contributed by atoms with Gasteiger partial charge in [-0.15, -0.1) is 0 Å². The minimum absolute atomic E-state index is 0.180. The Morgan fingerprint density at radius 2 is 0.716 bits per heavy atom. The van der Waals surface area contributed by atoms with Gasteiger partial charge in [0.25, 0.3) is 0 Å². The lowest BCUT2D eigenvalue weighted by atomic mass is 9.99. The molecular formula is C79H145NO8. The zero-order valence-electron chi connectivity index (χ0n) is 57.7. The highest BCUT2D eigenvalue weighted by atomic mass is 16.7. The first kappa shape index (κ1) is 83.6. The molecule has 6 N–H and O–H groups in total. The molecule has 0 saturated carbocycles. The second-order valence-electron chi connectivity index (χ2n) is 26.4. The maximum atomic E-state index is 13.2. The van der Waals surface area contributed by atoms with Crippen LogP contribution in [0.15, 0.2) is 72.9 Å². The first-order valence-corrected chi connectivity index (χ1v) is 38.2. The van der Waals surface area contributed by atoms with Gasteiger partial charge in [-0.25, -0.2) is 0 Å². The number of aliphatic hydroxyl groups is 5. The summed E-state index contributed by atoms with van der Waals surface area (Å²) in [5, 5.41) is 54.8. The van der Waals surface area contributed by atoms with Gasteiger partial charge in [0.05, 0.1) is 25.4 Å². The van der Waals surface area contributed by atoms with E-state index < -0.39 is 49.5 Å². The van der Waals surface area contributed by atoms with Crippen molar-refractivity contribution in [3.63, 3.8) is 0 Å². The van der Waals surface area contributed by atoms with Gasteiger partial charge in [-0.1, -0.05) is 363 Å². The van der Waals surface area contributed by atoms with Gasteiger partial charge in [0.1, 0.15) is 24.4 Å². The van der Waals surface area contributed by atoms with Gasteiger partial charge < -0.3 is 40.3 Å². The molecule has 0 aromatic heterocycles. The monoisotopic (exact) mass is 1240 g/mol. The standard InChI is InChI=1S/C79H145NO8/c1-3-5-7-9-11-13-15-17-19-21-23-25-27-29-31-33-34-35-36-37-38-39-40-41-43-45-47-49-51-53-55-57-59-61-63-65-67-69-75(83)80-72(71-87-79-78(86)77(85)76(84)74(70-81)88-79)73(82)68-66-64-62-60-58-56-54-52-50-48-46-44-42-32-30-28-26-24-22-20-18-16-14-12-10-8-6-4-2/h5,7,11,13,17,19,23,25,58,60,66,68,72-74,76-79,81-82,84-86H,3-4,6,8-10,12,14-16,18,20-22,24,26-57,59,61-65,67,69-71H2,1-2H3,(H,80,83)/b7-5-,13-11-,19-17-,25-23-,60-58+,68-66+. The minimum atomic E-state index is -1.57. The van der Waals surface area contributed by atoms with Crippen LogP contribution in [0.5, 0.6) is 0 Å². The van der Waals surface area contributed by atoms with E-state index >= 15 is 0 Å². The highest BCUT2D eigenvalue weighted by Gasteiger charge is 2.44. The van der Waals surface area contributed by atoms with Gasteiger partial charge in [-0.05, 0) is 70.6 Å². The number of carbonyl (C=O) groups is 1. The average molecular weight is 1240 g/mol. The van der Waals surface area contributed by atoms with E-state index in [4.69, 9.17) is 9.47 Å². The van der Waals surface area contributed by atoms with Crippen LogP contribution in [0.25, 0.3) is 0 Å². The Morgan fingerprint density at radius 3 is 1.09 bits per heavy atom. The molecule has 1 rings (SSSR count). The molecule has 1 amide bonds. The summed E-state index contributed by atoms with van der Waals surface area (Å²) >= 11 is 0. The highest BCUT2D eigenvalue weighted by Crippen LogP contribution is 2.24. The van der Waals surface area contributed by atoms with Crippen molar-refractivity contribution in [2.75, 3.05) is 13.2 Å². The van der Waals surface area contributed by atoms with Crippen molar-refractivity contribution in [1.82, 2.24) is 5.32 Å². The van der Waals surface area contributed by atoms with Crippen LogP contribution < -0.4 is 5.32 Å². The van der Waals surface area contributed by atoms with E-state index in [0.717, 1.165) is 64.2 Å². The van der Waals surface area contributed by atoms with E-state index in [1.807, 2.05) is 6.08 Å². The van der Waals surface area contributed by atoms with E-state index in [9.17, 15) is 30.3 Å². The molecule has 88 heavy (non-hydrogen) atoms. The zero-order valence-corrected chi connectivity index (χ0v) is 57.7. The number of aliphatic hydroxyl groups excluding tert-OH is 5. The van der Waals surface area contributed by atoms with E-state index in [1.54, 1.807) is 6.08 Å². The molecule has 1 aliphatic rings. The number of unbranched alkanes of at least 4 members (excludes halogenated alkanes) is 47. The van der Waals surface area contributed by atoms with Gasteiger partial charge in [0.2, 0.25) is 5.91 Å². The second-order valence-corrected chi connectivity index (χ2v) is 26.4. The zero-order chi connectivity index (χ0) is 63.5. The molecule has 1 saturated heterocycles. The molecule has 0 spiro atoms. The molecule has 1 heterocycles. The lowest BCUT2D eigenvalue weighted by Gasteiger charge is -2.40. The van der Waals surface area contributed by atoms with Gasteiger partial charge in [0, 0.05) is 6.42 Å². The summed E-state index contributed by atoms with van der Waals surface area (Å²) < 4.78 is 11.3. The number of hydrogen-bond acceptors (Lipinski definition) is 8. The normalized spacial score (nSPS) is 18.3. The topological polar surface area (TPSA) is 149 Å². The first-order chi connectivity index (χ1) is 43.3. The summed E-state index contributed by atoms with van der Waals surface area (Å²) in [7, 11) is 0. The first-order valence-electron chi connectivity index (χ1n) is 38.2. The van der Waals surface area contributed by atoms with Crippen molar-refractivity contribution in [3.05, 3.63) is 72.9 Å². The van der Waals surface area contributed by atoms with E-state index in [-0.39, 0.29) is 12.5 Å². The summed E-state index contributed by atoms with van der Waals surface area (Å²) in [5.41, 5.74) is 0. The number of ether oxygens (including phenoxy) is 2. The molecule has 0 aromatic rings. The third-order valence-corrected chi connectivity index (χ3v) is 18.0. The van der Waals surface area contributed by atoms with Crippen molar-refractivity contribution < 1.29 is 39.8 Å². The van der Waals surface area contributed by atoms with Crippen molar-refractivity contribution in [3.8, 4) is 0 Å². The molecule has 7 atom stereocenters. The molecule has 9 heteroatoms. The van der Waals surface area contributed by atoms with E-state index in [2.05, 4.69) is 79.9 Å². The second kappa shape index (κ2) is 67.5. The van der Waals surface area contributed by atoms with Crippen molar-refractivity contribution in [2.45, 2.75) is 410 Å². The fraction of sp³-hybridized carbons (Fsp3) is 0.835. The highest BCUT2D eigenvalue weighted by molar-refractivity contribution is 5.76. The van der Waals surface area contributed by atoms with Crippen LogP contribution in [-0.4, -0.2) is 87.5 Å². The van der Waals surface area contributed by atoms with Crippen LogP contribution in [0.1, 0.15) is 367 Å². The lowest BCUT2D eigenvalue weighted by Crippen LogP contribution is -2.60. The molecule has 1 fully saturated rings. The van der Waals surface area contributed by atoms with Crippen LogP contribution in [0.4, 0.5) is 0 Å². The number of amides is 1. The Bertz CT molecular complexity index is 1620. The molecule has 0 aliphatic carbocycles. The number of rotatable bonds is 67. The Balaban J connectivity index is 2.09. The predicted molar refractivity (Wildman–Crippen MR) is 378 cm³/mol. The van der Waals surface area contributed by atoms with Gasteiger partial charge in [-0.2, -0.15) is 0 Å². The molecule has 7 unspecified atom stereocenters. The molecular weight excluding hydrogens is 1090 g/mol. The maximum Gasteiger partial charge on any atom is 0.220 e. The van der Waals surface area contributed by atoms with Crippen LogP contribution >= 0.6 is 0 Å². The Morgan fingerprint density at radius 1 is 0.398 bits per heavy atom. The van der Waals surface area contributed by atoms with Gasteiger partial charge >= 0.3 is 0 Å². The molecule has 0 bridgehead atoms. The number of carbonyl (C=O) groups excluding carboxylic acids is 1. The van der Waals surface area contributed by atoms with Crippen molar-refractivity contribution in [1.29, 1.82) is 0 Å². The van der Waals surface area contributed by atoms with Crippen LogP contribution in [-0.2, 0) is 14.3 Å². The Labute approximate surface area is 544 Å². The van der Waals surface area contributed by atoms with Gasteiger partial charge in [0.15, 0.2) is 6.29 Å². The van der Waals surface area contributed by atoms with Crippen LogP contribution in [0.3, 0.4) is 0 Å². The summed E-state index contributed by atoms with van der Waals surface area (Å²) in [6.07, 6.45) is 89.0. The quantitative estimate of drug-likeness (QED) is 0.0261. The van der Waals surface area contributed by atoms with Crippen molar-refractivity contribution >= 4 is 5.91 Å². The Hall–Kier alpha value is -2.37. The van der Waals surface area contributed by atoms with Crippen molar-refractivity contribution in [2.24, 2.45) is 0 Å². The maximum absolute atomic E-state index is 13.2. The fourth-order valence-electron chi connectivity index (χ4n) is 12.1. The van der Waals surface area contributed by atoms with Gasteiger partial charge in [-0.3, -0.25) is 4.79 Å². The van der Waals surface area contributed by atoms with Crippen LogP contribution in [0, 0.1) is 0 Å². The molecule has 0 aromatic carbocycles. The number of allylic oxidation sites excluding steroid dienone is 11. The average Bonchev–Trinajstić information content (AvgIpc) is 3.29. The fourth-order valence-corrected chi connectivity index (χ4v) is 12.1. The van der Waals surface area contributed by atoms with E-state index in [1.165, 1.54) is 283 Å². The SMILES string of the molecule is CC/C=C\C/C=C\C/C=C\C/C=C\CCCCCCCCCCCCCCCCCCCCCCCCCCC(=O)NC(COC1OC(CO)C(O)C(O)C1O)C(O)/C=C/CC/C=C/CCCCCCCCCCCCCCCCCCCCCCCC. The lowest BCUT2D eigenvalue weighted by molar-refractivity contribution is -0.302.